The van der Waals surface area contributed by atoms with E-state index < -0.39 is 5.60 Å². The van der Waals surface area contributed by atoms with Gasteiger partial charge in [0.1, 0.15) is 15.6 Å². The van der Waals surface area contributed by atoms with E-state index >= 15 is 0 Å². The number of rotatable bonds is 4. The molecule has 4 aromatic rings. The summed E-state index contributed by atoms with van der Waals surface area (Å²) in [5.74, 6) is 1.13. The molecule has 8 nitrogen and oxygen atoms in total. The van der Waals surface area contributed by atoms with Crippen LogP contribution in [-0.4, -0.2) is 95.4 Å². The van der Waals surface area contributed by atoms with Crippen molar-refractivity contribution in [2.45, 2.75) is 86.2 Å². The number of hydrogen-bond donors (Lipinski definition) is 0. The lowest BCUT2D eigenvalue weighted by Gasteiger charge is -2.33. The Balaban J connectivity index is 0.000000174. The molecule has 2 atom stereocenters. The van der Waals surface area contributed by atoms with Gasteiger partial charge in [-0.2, -0.15) is 0 Å². The summed E-state index contributed by atoms with van der Waals surface area (Å²) in [7, 11) is 4.36. The van der Waals surface area contributed by atoms with Crippen molar-refractivity contribution in [1.29, 1.82) is 0 Å². The number of nitrogens with zero attached hydrogens (tertiary/aromatic N) is 6. The van der Waals surface area contributed by atoms with Crippen LogP contribution in [0.15, 0.2) is 58.6 Å². The molecule has 10 heteroatoms. The summed E-state index contributed by atoms with van der Waals surface area (Å²) in [4.78, 5) is 34.2. The van der Waals surface area contributed by atoms with Crippen LogP contribution in [0, 0.1) is 11.8 Å². The van der Waals surface area contributed by atoms with Gasteiger partial charge in [-0.1, -0.05) is 43.2 Å². The number of aromatic nitrogens is 2. The number of hydrogen-bond acceptors (Lipinski definition) is 9. The van der Waals surface area contributed by atoms with Crippen molar-refractivity contribution < 1.29 is 9.53 Å². The summed E-state index contributed by atoms with van der Waals surface area (Å²) >= 11 is 3.60. The summed E-state index contributed by atoms with van der Waals surface area (Å²) in [6.45, 7) is 20.5. The fourth-order valence-electron chi connectivity index (χ4n) is 7.95. The summed E-state index contributed by atoms with van der Waals surface area (Å²) in [6.07, 6.45) is 7.34. The highest BCUT2D eigenvalue weighted by molar-refractivity contribution is 7.19. The van der Waals surface area contributed by atoms with Crippen LogP contribution in [0.2, 0.25) is 0 Å². The van der Waals surface area contributed by atoms with Crippen molar-refractivity contribution >= 4 is 71.8 Å². The van der Waals surface area contributed by atoms with Crippen molar-refractivity contribution in [2.75, 3.05) is 53.4 Å². The van der Waals surface area contributed by atoms with E-state index in [1.54, 1.807) is 16.2 Å². The molecular weight excluding hydrogens is 721 g/mol. The first kappa shape index (κ1) is 39.5. The number of benzene rings is 2. The van der Waals surface area contributed by atoms with Gasteiger partial charge in [0, 0.05) is 50.5 Å². The maximum Gasteiger partial charge on any atom is 0.414 e. The molecule has 0 unspecified atom stereocenters. The van der Waals surface area contributed by atoms with Crippen molar-refractivity contribution in [3.8, 4) is 0 Å². The standard InChI is InChI=1S/C25H33N3O2S.C20H25N3S/c1-16-7-9-21(28(14-16)24(29)30-25(3,4)5)18-8-10-22-20(13-18)26-23(31-22)19-11-12-27(6)15-17(19)2;1-13-4-6-17(21-11-13)15-5-7-19-18(10-15)22-20(24-19)16-8-9-23(3)12-14(16)2/h8-10,13,16H,7,11-12,14-15H2,1-6H3;5,7,10,13H,4,6,8-9,11-12H2,1-3H3/t16-;13-/m00/s1. The number of ether oxygens (including phenoxy) is 1. The van der Waals surface area contributed by atoms with E-state index in [1.165, 1.54) is 54.4 Å². The summed E-state index contributed by atoms with van der Waals surface area (Å²) < 4.78 is 8.17. The number of likely N-dealkylation sites (N-methyl/N-ethyl adjacent to an activating group) is 2. The Bertz CT molecular complexity index is 2200. The van der Waals surface area contributed by atoms with Gasteiger partial charge in [0.25, 0.3) is 0 Å². The quantitative estimate of drug-likeness (QED) is 0.205. The molecule has 292 valence electrons. The number of aliphatic imine (C=N–C) groups is 1. The average Bonchev–Trinajstić information content (AvgIpc) is 3.75. The lowest BCUT2D eigenvalue weighted by molar-refractivity contribution is 0.0327. The maximum atomic E-state index is 12.9. The SMILES string of the molecule is CC1=C(c2nc3cc(C4=CC[C@H](C)CN4C(=O)OC(C)(C)C)ccc3s2)CCN(C)C1.CC1=C(c2nc3cc(C4=NC[C@@H](C)CC4)ccc3s2)CCN(C)C1. The van der Waals surface area contributed by atoms with Gasteiger partial charge in [0.05, 0.1) is 26.1 Å². The van der Waals surface area contributed by atoms with Crippen LogP contribution in [0.4, 0.5) is 4.79 Å². The van der Waals surface area contributed by atoms with Crippen molar-refractivity contribution in [3.63, 3.8) is 0 Å². The summed E-state index contributed by atoms with van der Waals surface area (Å²) in [6, 6.07) is 13.1. The average molecular weight is 779 g/mol. The van der Waals surface area contributed by atoms with E-state index in [2.05, 4.69) is 94.1 Å². The molecule has 0 saturated heterocycles. The lowest BCUT2D eigenvalue weighted by Crippen LogP contribution is -2.39. The van der Waals surface area contributed by atoms with Crippen molar-refractivity contribution in [2.24, 2.45) is 16.8 Å². The Kier molecular flexibility index (Phi) is 11.8. The second-order valence-corrected chi connectivity index (χ2v) is 19.4. The van der Waals surface area contributed by atoms with Gasteiger partial charge in [0.2, 0.25) is 0 Å². The first-order chi connectivity index (χ1) is 26.2. The first-order valence-electron chi connectivity index (χ1n) is 20.0. The first-order valence-corrected chi connectivity index (χ1v) is 21.6. The summed E-state index contributed by atoms with van der Waals surface area (Å²) in [5, 5.41) is 2.35. The van der Waals surface area contributed by atoms with Gasteiger partial charge >= 0.3 is 6.09 Å². The number of allylic oxidation sites excluding steroid dienone is 1. The molecule has 0 fully saturated rings. The zero-order chi connectivity index (χ0) is 39.0. The molecular formula is C45H58N6O2S2. The highest BCUT2D eigenvalue weighted by atomic mass is 32.1. The zero-order valence-corrected chi connectivity index (χ0v) is 35.9. The van der Waals surface area contributed by atoms with Gasteiger partial charge in [-0.3, -0.25) is 9.89 Å². The topological polar surface area (TPSA) is 74.2 Å². The predicted molar refractivity (Wildman–Crippen MR) is 233 cm³/mol. The molecule has 0 radical (unpaired) electrons. The van der Waals surface area contributed by atoms with Crippen LogP contribution in [0.5, 0.6) is 0 Å². The predicted octanol–water partition coefficient (Wildman–Crippen LogP) is 10.6. The van der Waals surface area contributed by atoms with Crippen LogP contribution in [0.3, 0.4) is 0 Å². The molecule has 8 rings (SSSR count). The molecule has 0 aliphatic carbocycles. The van der Waals surface area contributed by atoms with E-state index in [9.17, 15) is 4.79 Å². The third-order valence-corrected chi connectivity index (χ3v) is 13.2. The molecule has 2 aromatic carbocycles. The second-order valence-electron chi connectivity index (χ2n) is 17.3. The van der Waals surface area contributed by atoms with Crippen LogP contribution in [0.1, 0.15) is 102 Å². The van der Waals surface area contributed by atoms with Gasteiger partial charge in [-0.25, -0.2) is 14.8 Å². The third kappa shape index (κ3) is 9.30. The Hall–Kier alpha value is -3.70. The fraction of sp³-hybridized carbons (Fsp3) is 0.511. The molecule has 2 aromatic heterocycles. The molecule has 55 heavy (non-hydrogen) atoms. The second kappa shape index (κ2) is 16.4. The molecule has 0 spiro atoms. The van der Waals surface area contributed by atoms with Gasteiger partial charge < -0.3 is 14.5 Å². The molecule has 4 aliphatic heterocycles. The largest absolute Gasteiger partial charge is 0.443 e. The minimum atomic E-state index is -0.518. The van der Waals surface area contributed by atoms with Crippen molar-refractivity contribution in [3.05, 3.63) is 74.8 Å². The Morgan fingerprint density at radius 2 is 1.36 bits per heavy atom. The van der Waals surface area contributed by atoms with Crippen LogP contribution in [-0.2, 0) is 4.74 Å². The van der Waals surface area contributed by atoms with Crippen molar-refractivity contribution in [1.82, 2.24) is 24.7 Å². The van der Waals surface area contributed by atoms with E-state index in [1.807, 2.05) is 32.1 Å². The molecule has 1 amide bonds. The van der Waals surface area contributed by atoms with Crippen LogP contribution >= 0.6 is 22.7 Å². The van der Waals surface area contributed by atoms with Crippen LogP contribution in [0.25, 0.3) is 37.3 Å². The summed E-state index contributed by atoms with van der Waals surface area (Å²) in [5.41, 5.74) is 11.8. The zero-order valence-electron chi connectivity index (χ0n) is 34.3. The van der Waals surface area contributed by atoms with Crippen LogP contribution < -0.4 is 0 Å². The van der Waals surface area contributed by atoms with Gasteiger partial charge in [-0.15, -0.1) is 22.7 Å². The molecule has 4 aliphatic rings. The number of fused-ring (bicyclic) bond motifs is 2. The molecule has 6 heterocycles. The minimum absolute atomic E-state index is 0.281. The minimum Gasteiger partial charge on any atom is -0.443 e. The van der Waals surface area contributed by atoms with E-state index in [0.717, 1.165) is 91.6 Å². The highest BCUT2D eigenvalue weighted by Crippen LogP contribution is 2.37. The molecule has 0 saturated carbocycles. The molecule has 0 bridgehead atoms. The van der Waals surface area contributed by atoms with E-state index in [0.29, 0.717) is 12.5 Å². The third-order valence-electron chi connectivity index (χ3n) is 11.0. The lowest BCUT2D eigenvalue weighted by atomic mass is 9.96. The van der Waals surface area contributed by atoms with E-state index in [-0.39, 0.29) is 6.09 Å². The normalized spacial score (nSPS) is 21.8. The highest BCUT2D eigenvalue weighted by Gasteiger charge is 2.30. The Labute approximate surface area is 335 Å². The number of carbonyl (C=O) groups is 1. The number of thiazole rings is 2. The molecule has 0 N–H and O–H groups in total. The fourth-order valence-corrected chi connectivity index (χ4v) is 10.1. The Morgan fingerprint density at radius 3 is 1.89 bits per heavy atom. The number of carbonyl (C=O) groups excluding carboxylic acids is 1. The monoisotopic (exact) mass is 778 g/mol. The van der Waals surface area contributed by atoms with Gasteiger partial charge in [0.15, 0.2) is 0 Å². The smallest absolute Gasteiger partial charge is 0.414 e. The number of amides is 1. The maximum absolute atomic E-state index is 12.9. The van der Waals surface area contributed by atoms with Gasteiger partial charge in [-0.05, 0) is 134 Å². The Morgan fingerprint density at radius 1 is 0.800 bits per heavy atom. The van der Waals surface area contributed by atoms with E-state index in [4.69, 9.17) is 19.7 Å².